The molecule has 4 rings (SSSR count). The Kier molecular flexibility index (Phi) is 10.3. The van der Waals surface area contributed by atoms with Crippen molar-refractivity contribution in [2.75, 3.05) is 25.1 Å². The topological polar surface area (TPSA) is 105 Å². The molecule has 1 atom stereocenters. The molecule has 0 aliphatic heterocycles. The lowest BCUT2D eigenvalue weighted by molar-refractivity contribution is -0.139. The lowest BCUT2D eigenvalue weighted by atomic mass is 10.1. The van der Waals surface area contributed by atoms with E-state index in [2.05, 4.69) is 5.32 Å². The maximum Gasteiger partial charge on any atom is 0.264 e. The van der Waals surface area contributed by atoms with Crippen LogP contribution in [0.4, 0.5) is 5.69 Å². The smallest absolute Gasteiger partial charge is 0.264 e. The molecule has 1 saturated carbocycles. The molecule has 0 radical (unpaired) electrons. The summed E-state index contributed by atoms with van der Waals surface area (Å²) in [5.41, 5.74) is 0.896. The molecule has 11 heteroatoms. The molecule has 9 nitrogen and oxygen atoms in total. The summed E-state index contributed by atoms with van der Waals surface area (Å²) in [5, 5.41) is 3.55. The number of para-hydroxylation sites is 2. The standard InChI is InChI=1S/C31H36ClN3O6S/c1-22(31(37)33-25-11-4-5-12-25)34(20-23-9-8-10-24(32)19-23)30(36)21-35(28-13-6-7-14-29(28)41-3)42(38,39)27-17-15-26(40-2)16-18-27/h6-10,13-19,22,25H,4-5,11-12,20-21H2,1-3H3,(H,33,37)/t22-/m0/s1. The van der Waals surface area contributed by atoms with Crippen LogP contribution in [0.15, 0.2) is 77.7 Å². The second kappa shape index (κ2) is 13.9. The minimum absolute atomic E-state index is 0.0320. The van der Waals surface area contributed by atoms with Crippen molar-refractivity contribution in [1.82, 2.24) is 10.2 Å². The van der Waals surface area contributed by atoms with Crippen LogP contribution in [0.2, 0.25) is 5.02 Å². The Morgan fingerprint density at radius 3 is 2.31 bits per heavy atom. The number of ether oxygens (including phenoxy) is 2. The zero-order chi connectivity index (χ0) is 30.3. The van der Waals surface area contributed by atoms with E-state index in [4.69, 9.17) is 21.1 Å². The first-order valence-corrected chi connectivity index (χ1v) is 15.6. The molecule has 0 aromatic heterocycles. The summed E-state index contributed by atoms with van der Waals surface area (Å²) in [5.74, 6) is -0.0920. The molecule has 1 N–H and O–H groups in total. The van der Waals surface area contributed by atoms with Crippen molar-refractivity contribution in [3.8, 4) is 11.5 Å². The van der Waals surface area contributed by atoms with Gasteiger partial charge in [0.05, 0.1) is 24.8 Å². The quantitative estimate of drug-likeness (QED) is 0.307. The van der Waals surface area contributed by atoms with E-state index < -0.39 is 28.5 Å². The number of hydrogen-bond acceptors (Lipinski definition) is 6. The summed E-state index contributed by atoms with van der Waals surface area (Å²) in [6, 6.07) is 18.7. The van der Waals surface area contributed by atoms with Crippen LogP contribution in [0.1, 0.15) is 38.2 Å². The van der Waals surface area contributed by atoms with Gasteiger partial charge in [-0.15, -0.1) is 0 Å². The second-order valence-corrected chi connectivity index (χ2v) is 12.5. The largest absolute Gasteiger partial charge is 0.497 e. The number of hydrogen-bond donors (Lipinski definition) is 1. The van der Waals surface area contributed by atoms with Crippen molar-refractivity contribution in [1.29, 1.82) is 0 Å². The van der Waals surface area contributed by atoms with E-state index >= 15 is 0 Å². The van der Waals surface area contributed by atoms with Gasteiger partial charge in [0.25, 0.3) is 10.0 Å². The number of methoxy groups -OCH3 is 2. The second-order valence-electron chi connectivity index (χ2n) is 10.2. The van der Waals surface area contributed by atoms with Gasteiger partial charge in [0, 0.05) is 17.6 Å². The van der Waals surface area contributed by atoms with Crippen LogP contribution >= 0.6 is 11.6 Å². The molecule has 0 saturated heterocycles. The van der Waals surface area contributed by atoms with Crippen LogP contribution in [0.3, 0.4) is 0 Å². The van der Waals surface area contributed by atoms with E-state index in [9.17, 15) is 18.0 Å². The highest BCUT2D eigenvalue weighted by atomic mass is 35.5. The molecule has 1 aliphatic carbocycles. The molecule has 1 fully saturated rings. The van der Waals surface area contributed by atoms with E-state index in [-0.39, 0.29) is 34.8 Å². The molecule has 3 aromatic carbocycles. The number of benzene rings is 3. The summed E-state index contributed by atoms with van der Waals surface area (Å²) in [4.78, 5) is 28.8. The van der Waals surface area contributed by atoms with Crippen LogP contribution in [-0.2, 0) is 26.2 Å². The van der Waals surface area contributed by atoms with Crippen molar-refractivity contribution in [3.05, 3.63) is 83.4 Å². The summed E-state index contributed by atoms with van der Waals surface area (Å²) in [6.07, 6.45) is 3.87. The predicted molar refractivity (Wildman–Crippen MR) is 162 cm³/mol. The first-order chi connectivity index (χ1) is 20.1. The SMILES string of the molecule is COc1ccc(S(=O)(=O)N(CC(=O)N(Cc2cccc(Cl)c2)[C@@H](C)C(=O)NC2CCCC2)c2ccccc2OC)cc1. The van der Waals surface area contributed by atoms with Gasteiger partial charge >= 0.3 is 0 Å². The highest BCUT2D eigenvalue weighted by Gasteiger charge is 2.34. The average Bonchev–Trinajstić information content (AvgIpc) is 3.51. The molecule has 1 aliphatic rings. The van der Waals surface area contributed by atoms with E-state index in [1.807, 2.05) is 0 Å². The number of anilines is 1. The molecule has 2 amide bonds. The lowest BCUT2D eigenvalue weighted by Crippen LogP contribution is -2.52. The van der Waals surface area contributed by atoms with Crippen LogP contribution in [0.25, 0.3) is 0 Å². The van der Waals surface area contributed by atoms with E-state index in [0.29, 0.717) is 16.3 Å². The summed E-state index contributed by atoms with van der Waals surface area (Å²) < 4.78 is 39.8. The molecular formula is C31H36ClN3O6S. The van der Waals surface area contributed by atoms with Gasteiger partial charge in [-0.05, 0) is 73.9 Å². The number of carbonyl (C=O) groups is 2. The van der Waals surface area contributed by atoms with Gasteiger partial charge in [-0.25, -0.2) is 8.42 Å². The van der Waals surface area contributed by atoms with E-state index in [1.165, 1.54) is 43.4 Å². The summed E-state index contributed by atoms with van der Waals surface area (Å²) >= 11 is 6.22. The molecule has 0 heterocycles. The maximum atomic E-state index is 14.1. The number of halogens is 1. The van der Waals surface area contributed by atoms with Gasteiger partial charge in [0.2, 0.25) is 11.8 Å². The predicted octanol–water partition coefficient (Wildman–Crippen LogP) is 5.03. The highest BCUT2D eigenvalue weighted by Crippen LogP contribution is 2.33. The Hall–Kier alpha value is -3.76. The van der Waals surface area contributed by atoms with Crippen molar-refractivity contribution >= 4 is 39.1 Å². The summed E-state index contributed by atoms with van der Waals surface area (Å²) in [6.45, 7) is 1.13. The lowest BCUT2D eigenvalue weighted by Gasteiger charge is -2.33. The minimum atomic E-state index is -4.26. The maximum absolute atomic E-state index is 14.1. The minimum Gasteiger partial charge on any atom is -0.497 e. The number of rotatable bonds is 12. The number of sulfonamides is 1. The molecule has 0 unspecified atom stereocenters. The fraction of sp³-hybridized carbons (Fsp3) is 0.355. The zero-order valence-corrected chi connectivity index (χ0v) is 25.5. The zero-order valence-electron chi connectivity index (χ0n) is 24.0. The first-order valence-electron chi connectivity index (χ1n) is 13.8. The molecule has 0 bridgehead atoms. The fourth-order valence-electron chi connectivity index (χ4n) is 5.03. The number of carbonyl (C=O) groups excluding carboxylic acids is 2. The molecule has 224 valence electrons. The van der Waals surface area contributed by atoms with Crippen LogP contribution in [0, 0.1) is 0 Å². The Bertz CT molecular complexity index is 1490. The normalized spacial score (nSPS) is 14.2. The molecular weight excluding hydrogens is 578 g/mol. The monoisotopic (exact) mass is 613 g/mol. The fourth-order valence-corrected chi connectivity index (χ4v) is 6.67. The van der Waals surface area contributed by atoms with Crippen molar-refractivity contribution in [3.63, 3.8) is 0 Å². The van der Waals surface area contributed by atoms with Gasteiger partial charge in [-0.3, -0.25) is 13.9 Å². The third kappa shape index (κ3) is 7.35. The Balaban J connectivity index is 1.72. The van der Waals surface area contributed by atoms with Crippen molar-refractivity contribution in [2.45, 2.75) is 56.1 Å². The summed E-state index contributed by atoms with van der Waals surface area (Å²) in [7, 11) is -1.34. The Labute approximate surface area is 252 Å². The van der Waals surface area contributed by atoms with Crippen LogP contribution in [-0.4, -0.2) is 58.0 Å². The van der Waals surface area contributed by atoms with Crippen molar-refractivity contribution < 1.29 is 27.5 Å². The van der Waals surface area contributed by atoms with Gasteiger partial charge in [-0.1, -0.05) is 48.7 Å². The van der Waals surface area contributed by atoms with Crippen LogP contribution < -0.4 is 19.1 Å². The number of nitrogens with zero attached hydrogens (tertiary/aromatic N) is 2. The first kappa shape index (κ1) is 31.2. The Morgan fingerprint density at radius 1 is 0.976 bits per heavy atom. The number of nitrogens with one attached hydrogen (secondary N) is 1. The average molecular weight is 614 g/mol. The number of amides is 2. The highest BCUT2D eigenvalue weighted by molar-refractivity contribution is 7.92. The van der Waals surface area contributed by atoms with E-state index in [0.717, 1.165) is 30.0 Å². The Morgan fingerprint density at radius 2 is 1.67 bits per heavy atom. The third-order valence-electron chi connectivity index (χ3n) is 7.39. The van der Waals surface area contributed by atoms with E-state index in [1.54, 1.807) is 55.5 Å². The molecule has 42 heavy (non-hydrogen) atoms. The van der Waals surface area contributed by atoms with Gasteiger partial charge in [0.1, 0.15) is 24.1 Å². The van der Waals surface area contributed by atoms with Crippen LogP contribution in [0.5, 0.6) is 11.5 Å². The third-order valence-corrected chi connectivity index (χ3v) is 9.40. The van der Waals surface area contributed by atoms with Gasteiger partial charge in [-0.2, -0.15) is 0 Å². The van der Waals surface area contributed by atoms with Crippen molar-refractivity contribution in [2.24, 2.45) is 0 Å². The molecule has 0 spiro atoms. The van der Waals surface area contributed by atoms with Gasteiger partial charge < -0.3 is 19.7 Å². The molecule has 3 aromatic rings. The van der Waals surface area contributed by atoms with Gasteiger partial charge in [0.15, 0.2) is 0 Å².